The van der Waals surface area contributed by atoms with Crippen molar-refractivity contribution in [2.75, 3.05) is 31.6 Å². The molecule has 3 aliphatic heterocycles. The second kappa shape index (κ2) is 7.98. The number of ether oxygens (including phenoxy) is 1. The largest absolute Gasteiger partial charge is 0.378 e. The number of morpholine rings is 1. The van der Waals surface area contributed by atoms with Gasteiger partial charge in [0.05, 0.1) is 13.2 Å². The molecule has 6 heteroatoms. The molecule has 0 radical (unpaired) electrons. The first kappa shape index (κ1) is 18.4. The number of piperidine rings is 1. The van der Waals surface area contributed by atoms with E-state index in [0.717, 1.165) is 24.1 Å². The number of amides is 2. The standard InChI is InChI=1S/C21H29N3O3/c1-14-2-3-16(21(26)24-6-8-27-9-7-24)13-19(14)23-20(25)12-15-10-17-4-5-18(11-15)22-17/h2-3,13,15,17-18,22H,4-12H2,1H3,(H,23,25). The average Bonchev–Trinajstić information content (AvgIpc) is 3.02. The fraction of sp³-hybridized carbons (Fsp3) is 0.619. The molecular weight excluding hydrogens is 342 g/mol. The molecule has 27 heavy (non-hydrogen) atoms. The molecule has 0 saturated carbocycles. The summed E-state index contributed by atoms with van der Waals surface area (Å²) in [6, 6.07) is 6.76. The number of rotatable bonds is 4. The fourth-order valence-electron chi connectivity index (χ4n) is 4.64. The molecule has 146 valence electrons. The maximum absolute atomic E-state index is 12.7. The molecule has 2 amide bonds. The minimum atomic E-state index is 0.00345. The molecule has 3 aliphatic rings. The number of hydrogen-bond donors (Lipinski definition) is 2. The number of benzene rings is 1. The second-order valence-corrected chi connectivity index (χ2v) is 8.16. The molecule has 6 nitrogen and oxygen atoms in total. The van der Waals surface area contributed by atoms with E-state index in [1.54, 1.807) is 0 Å². The van der Waals surface area contributed by atoms with Gasteiger partial charge in [-0.25, -0.2) is 0 Å². The van der Waals surface area contributed by atoms with Crippen molar-refractivity contribution in [3.8, 4) is 0 Å². The molecule has 1 aromatic carbocycles. The molecule has 0 aromatic heterocycles. The predicted octanol–water partition coefficient (Wildman–Crippen LogP) is 2.33. The first-order valence-electron chi connectivity index (χ1n) is 10.1. The number of nitrogens with zero attached hydrogens (tertiary/aromatic N) is 1. The predicted molar refractivity (Wildman–Crippen MR) is 104 cm³/mol. The van der Waals surface area contributed by atoms with Gasteiger partial charge in [-0.15, -0.1) is 0 Å². The molecule has 2 bridgehead atoms. The Balaban J connectivity index is 1.39. The zero-order valence-electron chi connectivity index (χ0n) is 16.0. The third-order valence-electron chi connectivity index (χ3n) is 6.10. The topological polar surface area (TPSA) is 70.7 Å². The summed E-state index contributed by atoms with van der Waals surface area (Å²) in [6.07, 6.45) is 5.24. The highest BCUT2D eigenvalue weighted by Gasteiger charge is 2.34. The van der Waals surface area contributed by atoms with E-state index in [-0.39, 0.29) is 11.8 Å². The summed E-state index contributed by atoms with van der Waals surface area (Å²) >= 11 is 0. The molecular formula is C21H29N3O3. The Morgan fingerprint density at radius 1 is 1.19 bits per heavy atom. The lowest BCUT2D eigenvalue weighted by Gasteiger charge is -2.28. The SMILES string of the molecule is Cc1ccc(C(=O)N2CCOCC2)cc1NC(=O)CC1CC2CCC(C1)N2. The molecule has 2 atom stereocenters. The average molecular weight is 371 g/mol. The maximum Gasteiger partial charge on any atom is 0.254 e. The van der Waals surface area contributed by atoms with Crippen LogP contribution in [0.25, 0.3) is 0 Å². The van der Waals surface area contributed by atoms with Gasteiger partial charge in [0, 0.05) is 42.8 Å². The third-order valence-corrected chi connectivity index (χ3v) is 6.10. The van der Waals surface area contributed by atoms with Gasteiger partial charge in [-0.1, -0.05) is 6.07 Å². The minimum Gasteiger partial charge on any atom is -0.378 e. The van der Waals surface area contributed by atoms with Crippen LogP contribution in [0.5, 0.6) is 0 Å². The van der Waals surface area contributed by atoms with Crippen LogP contribution in [0.1, 0.15) is 48.0 Å². The number of carbonyl (C=O) groups excluding carboxylic acids is 2. The number of carbonyl (C=O) groups is 2. The zero-order chi connectivity index (χ0) is 18.8. The summed E-state index contributed by atoms with van der Waals surface area (Å²) in [7, 11) is 0. The Kier molecular flexibility index (Phi) is 5.45. The van der Waals surface area contributed by atoms with Crippen molar-refractivity contribution in [2.45, 2.75) is 51.1 Å². The van der Waals surface area contributed by atoms with Gasteiger partial charge in [-0.3, -0.25) is 9.59 Å². The fourth-order valence-corrected chi connectivity index (χ4v) is 4.64. The van der Waals surface area contributed by atoms with Gasteiger partial charge in [0.25, 0.3) is 5.91 Å². The van der Waals surface area contributed by atoms with Crippen molar-refractivity contribution in [3.05, 3.63) is 29.3 Å². The normalized spacial score (nSPS) is 27.4. The van der Waals surface area contributed by atoms with Crippen LogP contribution in [-0.2, 0) is 9.53 Å². The summed E-state index contributed by atoms with van der Waals surface area (Å²) < 4.78 is 5.32. The molecule has 2 unspecified atom stereocenters. The smallest absolute Gasteiger partial charge is 0.254 e. The van der Waals surface area contributed by atoms with E-state index < -0.39 is 0 Å². The third kappa shape index (κ3) is 4.33. The number of fused-ring (bicyclic) bond motifs is 2. The Hall–Kier alpha value is -1.92. The van der Waals surface area contributed by atoms with Gasteiger partial charge in [0.15, 0.2) is 0 Å². The van der Waals surface area contributed by atoms with E-state index in [9.17, 15) is 9.59 Å². The number of anilines is 1. The van der Waals surface area contributed by atoms with E-state index in [0.29, 0.717) is 56.3 Å². The van der Waals surface area contributed by atoms with Crippen LogP contribution in [0.2, 0.25) is 0 Å². The molecule has 2 N–H and O–H groups in total. The van der Waals surface area contributed by atoms with Crippen molar-refractivity contribution < 1.29 is 14.3 Å². The lowest BCUT2D eigenvalue weighted by atomic mass is 9.89. The number of hydrogen-bond acceptors (Lipinski definition) is 4. The van der Waals surface area contributed by atoms with Crippen LogP contribution >= 0.6 is 0 Å². The summed E-state index contributed by atoms with van der Waals surface area (Å²) in [6.45, 7) is 4.36. The highest BCUT2D eigenvalue weighted by atomic mass is 16.5. The van der Waals surface area contributed by atoms with E-state index in [4.69, 9.17) is 4.74 Å². The van der Waals surface area contributed by atoms with Crippen molar-refractivity contribution in [1.29, 1.82) is 0 Å². The Morgan fingerprint density at radius 3 is 2.59 bits per heavy atom. The first-order valence-corrected chi connectivity index (χ1v) is 10.1. The summed E-state index contributed by atoms with van der Waals surface area (Å²) in [5, 5.41) is 6.67. The molecule has 0 aliphatic carbocycles. The van der Waals surface area contributed by atoms with Crippen molar-refractivity contribution in [3.63, 3.8) is 0 Å². The molecule has 1 aromatic rings. The van der Waals surface area contributed by atoms with Crippen LogP contribution in [0.4, 0.5) is 5.69 Å². The number of nitrogens with one attached hydrogen (secondary N) is 2. The van der Waals surface area contributed by atoms with Gasteiger partial charge < -0.3 is 20.3 Å². The zero-order valence-corrected chi connectivity index (χ0v) is 16.0. The van der Waals surface area contributed by atoms with Crippen molar-refractivity contribution in [1.82, 2.24) is 10.2 Å². The van der Waals surface area contributed by atoms with Crippen LogP contribution in [0.3, 0.4) is 0 Å². The van der Waals surface area contributed by atoms with Gasteiger partial charge in [0.2, 0.25) is 5.91 Å². The molecule has 3 saturated heterocycles. The van der Waals surface area contributed by atoms with Crippen LogP contribution in [-0.4, -0.2) is 55.1 Å². The molecule has 3 heterocycles. The van der Waals surface area contributed by atoms with E-state index in [1.807, 2.05) is 30.0 Å². The Bertz CT molecular complexity index is 703. The maximum atomic E-state index is 12.7. The van der Waals surface area contributed by atoms with Gasteiger partial charge in [0.1, 0.15) is 0 Å². The Morgan fingerprint density at radius 2 is 1.89 bits per heavy atom. The van der Waals surface area contributed by atoms with Crippen LogP contribution < -0.4 is 10.6 Å². The van der Waals surface area contributed by atoms with Gasteiger partial charge >= 0.3 is 0 Å². The van der Waals surface area contributed by atoms with Crippen molar-refractivity contribution >= 4 is 17.5 Å². The first-order chi connectivity index (χ1) is 13.1. The second-order valence-electron chi connectivity index (χ2n) is 8.16. The highest BCUT2D eigenvalue weighted by molar-refractivity contribution is 5.97. The molecule has 0 spiro atoms. The summed E-state index contributed by atoms with van der Waals surface area (Å²) in [5.41, 5.74) is 2.35. The highest BCUT2D eigenvalue weighted by Crippen LogP contribution is 2.33. The summed E-state index contributed by atoms with van der Waals surface area (Å²) in [5.74, 6) is 0.520. The van der Waals surface area contributed by atoms with Gasteiger partial charge in [-0.2, -0.15) is 0 Å². The van der Waals surface area contributed by atoms with Gasteiger partial charge in [-0.05, 0) is 56.2 Å². The monoisotopic (exact) mass is 371 g/mol. The Labute approximate surface area is 160 Å². The van der Waals surface area contributed by atoms with E-state index >= 15 is 0 Å². The van der Waals surface area contributed by atoms with Crippen LogP contribution in [0.15, 0.2) is 18.2 Å². The van der Waals surface area contributed by atoms with E-state index in [1.165, 1.54) is 12.8 Å². The molecule has 3 fully saturated rings. The van der Waals surface area contributed by atoms with Crippen LogP contribution in [0, 0.1) is 12.8 Å². The summed E-state index contributed by atoms with van der Waals surface area (Å²) in [4.78, 5) is 27.1. The van der Waals surface area contributed by atoms with E-state index in [2.05, 4.69) is 10.6 Å². The van der Waals surface area contributed by atoms with Crippen molar-refractivity contribution in [2.24, 2.45) is 5.92 Å². The molecule has 4 rings (SSSR count). The quantitative estimate of drug-likeness (QED) is 0.852. The lowest BCUT2D eigenvalue weighted by Crippen LogP contribution is -2.40. The lowest BCUT2D eigenvalue weighted by molar-refractivity contribution is -0.117. The minimum absolute atomic E-state index is 0.00345. The number of aryl methyl sites for hydroxylation is 1.